The predicted molar refractivity (Wildman–Crippen MR) is 510 cm³/mol. The van der Waals surface area contributed by atoms with Gasteiger partial charge in [0.1, 0.15) is 28.3 Å². The zero-order chi connectivity index (χ0) is 94.3. The summed E-state index contributed by atoms with van der Waals surface area (Å²) >= 11 is 0. The highest BCUT2D eigenvalue weighted by Gasteiger charge is 2.38. The lowest BCUT2D eigenvalue weighted by molar-refractivity contribution is -0.156. The molecular formula is C105H141N15O12. The molecule has 7 aliphatic heterocycles. The fourth-order valence-electron chi connectivity index (χ4n) is 17.6. The molecule has 17 rings (SSSR count). The third-order valence-corrected chi connectivity index (χ3v) is 24.2. The van der Waals surface area contributed by atoms with Crippen molar-refractivity contribution < 1.29 is 57.2 Å². The maximum Gasteiger partial charge on any atom is 0.410 e. The summed E-state index contributed by atoms with van der Waals surface area (Å²) in [5.41, 5.74) is 17.2. The van der Waals surface area contributed by atoms with Crippen LogP contribution in [0.15, 0.2) is 181 Å². The normalized spacial score (nSPS) is 17.9. The molecule has 11 heterocycles. The van der Waals surface area contributed by atoms with Gasteiger partial charge in [0.05, 0.1) is 75.2 Å². The molecule has 1 saturated carbocycles. The Kier molecular flexibility index (Phi) is 34.8. The number of fused-ring (bicyclic) bond motifs is 4. The van der Waals surface area contributed by atoms with Gasteiger partial charge in [-0.05, 0) is 249 Å². The molecule has 4 aromatic heterocycles. The first-order chi connectivity index (χ1) is 63.0. The summed E-state index contributed by atoms with van der Waals surface area (Å²) in [6.45, 7) is 41.2. The Morgan fingerprint density at radius 3 is 1.36 bits per heavy atom. The molecule has 1 unspecified atom stereocenters. The summed E-state index contributed by atoms with van der Waals surface area (Å²) < 4.78 is 34.8. The van der Waals surface area contributed by atoms with E-state index in [0.29, 0.717) is 90.7 Å². The van der Waals surface area contributed by atoms with Crippen LogP contribution in [0.25, 0.3) is 0 Å². The van der Waals surface area contributed by atoms with Gasteiger partial charge >= 0.3 is 30.2 Å². The van der Waals surface area contributed by atoms with Crippen molar-refractivity contribution in [3.8, 4) is 0 Å². The number of nitrogens with one attached hydrogen (secondary N) is 1. The summed E-state index contributed by atoms with van der Waals surface area (Å²) in [4.78, 5) is 95.6. The van der Waals surface area contributed by atoms with Gasteiger partial charge < -0.3 is 48.6 Å². The van der Waals surface area contributed by atoms with Crippen molar-refractivity contribution in [1.82, 2.24) is 73.8 Å². The minimum absolute atomic E-state index is 0.0211. The highest BCUT2D eigenvalue weighted by atomic mass is 16.6. The van der Waals surface area contributed by atoms with Crippen molar-refractivity contribution >= 4 is 41.9 Å². The third kappa shape index (κ3) is 30.8. The van der Waals surface area contributed by atoms with Gasteiger partial charge in [-0.1, -0.05) is 165 Å². The molecule has 27 heteroatoms. The van der Waals surface area contributed by atoms with Crippen molar-refractivity contribution in [3.05, 3.63) is 260 Å². The van der Waals surface area contributed by atoms with E-state index in [1.54, 1.807) is 21.6 Å². The Hall–Kier alpha value is -11.6. The first kappa shape index (κ1) is 99.5. The Bertz CT molecular complexity index is 5270. The van der Waals surface area contributed by atoms with Crippen LogP contribution >= 0.6 is 0 Å². The summed E-state index contributed by atoms with van der Waals surface area (Å²) in [6, 6.07) is 51.6. The second-order valence-electron chi connectivity index (χ2n) is 39.9. The number of rotatable bonds is 17. The number of esters is 2. The monoisotopic (exact) mass is 1800 g/mol. The van der Waals surface area contributed by atoms with E-state index in [1.165, 1.54) is 80.9 Å². The van der Waals surface area contributed by atoms with Crippen LogP contribution < -0.4 is 5.32 Å². The Labute approximate surface area is 780 Å². The molecule has 4 amide bonds. The van der Waals surface area contributed by atoms with Crippen LogP contribution in [0.2, 0.25) is 0 Å². The minimum atomic E-state index is -0.517. The van der Waals surface area contributed by atoms with E-state index in [1.807, 2.05) is 187 Å². The average Bonchev–Trinajstić information content (AvgIpc) is 1.65. The van der Waals surface area contributed by atoms with E-state index in [0.717, 1.165) is 138 Å². The quantitative estimate of drug-likeness (QED) is 0.0504. The molecule has 2 fully saturated rings. The summed E-state index contributed by atoms with van der Waals surface area (Å²) in [6.07, 6.45) is 17.4. The molecule has 132 heavy (non-hydrogen) atoms. The second kappa shape index (κ2) is 46.2. The molecule has 1 atom stereocenters. The number of aromatic nitrogens is 8. The summed E-state index contributed by atoms with van der Waals surface area (Å²) in [7, 11) is 1.87. The van der Waals surface area contributed by atoms with E-state index in [4.69, 9.17) is 33.9 Å². The minimum Gasteiger partial charge on any atom is -0.465 e. The zero-order valence-electron chi connectivity index (χ0n) is 80.7. The molecule has 5 aromatic carbocycles. The SMILES string of the molecule is CC(C)(C)OC(=O)CC1CCC(CCN2CCc3cn(Cc4ccccc4)nc3C2)CC1.CC(C)(C)OC(=O)N1CCC2=C(C1)CN(Cc1ccccc1)C2=O.CC(C)(C)OC(=O)N1CCc2cn(Cc3ccccc3)nc2C1.CCOC(=O)C1CCN(C)CC1=O.Cc1c2c(nn1Cc1ccccc1)CN(C(=O)OC(C)(C)C)CC2.c1ccc(Cn2cc3c(n2)CNCC3)cc1. The lowest BCUT2D eigenvalue weighted by atomic mass is 9.79. The number of likely N-dealkylation sites (tertiary alicyclic amines) is 1. The maximum absolute atomic E-state index is 12.6. The van der Waals surface area contributed by atoms with Crippen molar-refractivity contribution in [2.45, 2.75) is 255 Å². The molecule has 9 aromatic rings. The summed E-state index contributed by atoms with van der Waals surface area (Å²) in [5.74, 6) is 0.479. The zero-order valence-corrected chi connectivity index (χ0v) is 80.7. The molecule has 708 valence electrons. The second-order valence-corrected chi connectivity index (χ2v) is 39.9. The van der Waals surface area contributed by atoms with E-state index in [9.17, 15) is 33.6 Å². The number of piperidine rings is 1. The van der Waals surface area contributed by atoms with E-state index in [-0.39, 0.29) is 47.5 Å². The maximum atomic E-state index is 12.6. The van der Waals surface area contributed by atoms with Gasteiger partial charge in [0.15, 0.2) is 5.78 Å². The lowest BCUT2D eigenvalue weighted by Crippen LogP contribution is -2.42. The molecule has 0 radical (unpaired) electrons. The van der Waals surface area contributed by atoms with Gasteiger partial charge in [0, 0.05) is 95.2 Å². The molecule has 1 N–H and O–H groups in total. The average molecular weight is 1810 g/mol. The third-order valence-electron chi connectivity index (χ3n) is 24.2. The van der Waals surface area contributed by atoms with Crippen LogP contribution in [-0.4, -0.2) is 212 Å². The smallest absolute Gasteiger partial charge is 0.410 e. The van der Waals surface area contributed by atoms with Gasteiger partial charge in [0.25, 0.3) is 5.91 Å². The van der Waals surface area contributed by atoms with Crippen molar-refractivity contribution in [2.75, 3.05) is 79.1 Å². The van der Waals surface area contributed by atoms with Crippen molar-refractivity contribution in [2.24, 2.45) is 17.8 Å². The molecule has 1 aliphatic carbocycles. The number of ketones is 1. The van der Waals surface area contributed by atoms with Crippen LogP contribution in [0.1, 0.15) is 220 Å². The molecule has 0 spiro atoms. The fourth-order valence-corrected chi connectivity index (χ4v) is 17.6. The number of likely N-dealkylation sites (N-methyl/N-ethyl adjacent to an activating group) is 1. The number of hydrogen-bond acceptors (Lipinski definition) is 19. The Balaban J connectivity index is 0.000000146. The van der Waals surface area contributed by atoms with Crippen molar-refractivity contribution in [1.29, 1.82) is 0 Å². The van der Waals surface area contributed by atoms with Gasteiger partial charge in [-0.25, -0.2) is 14.4 Å². The largest absolute Gasteiger partial charge is 0.465 e. The number of ether oxygens (including phenoxy) is 5. The number of carbonyl (C=O) groups excluding carboxylic acids is 7. The van der Waals surface area contributed by atoms with Crippen LogP contribution in [0, 0.1) is 24.7 Å². The Morgan fingerprint density at radius 1 is 0.439 bits per heavy atom. The number of nitrogens with zero attached hydrogens (tertiary/aromatic N) is 14. The molecule has 0 bridgehead atoms. The Morgan fingerprint density at radius 2 is 0.871 bits per heavy atom. The highest BCUT2D eigenvalue weighted by molar-refractivity contribution is 6.00. The number of carbonyl (C=O) groups is 7. The van der Waals surface area contributed by atoms with Crippen LogP contribution in [0.5, 0.6) is 0 Å². The predicted octanol–water partition coefficient (Wildman–Crippen LogP) is 16.6. The van der Waals surface area contributed by atoms with Crippen molar-refractivity contribution in [3.63, 3.8) is 0 Å². The molecule has 1 saturated heterocycles. The highest BCUT2D eigenvalue weighted by Crippen LogP contribution is 2.35. The van der Waals surface area contributed by atoms with E-state index >= 15 is 0 Å². The number of hydrogen-bond donors (Lipinski definition) is 1. The number of benzene rings is 5. The standard InChI is InChI=1S/C27H39N3O2.C19H25N3O2.C19H24N2O3.C18H23N3O2.C13H15N3.C9H15NO3/c1-27(2,3)32-26(31)17-22-11-9-21(10-12-22)13-15-29-16-14-24-19-30(28-25(24)20-29)18-23-7-5-4-6-8-23;1-14-16-10-11-21(18(23)24-19(2,3)4)13-17(16)20-22(14)12-15-8-6-5-7-9-15;1-19(2,3)24-18(23)20-10-9-16-15(12-20)13-21(17(16)22)11-14-7-5-4-6-8-14;1-18(2,3)23-17(22)20-10-9-15-12-21(19-16(15)13-20)11-14-7-5-4-6-8-14;1-2-4-11(5-3-1)9-16-10-12-6-7-14-8-13(12)15-16;1-3-13-9(12)7-4-5-10(2)6-8(7)11/h4-8,19,21-22H,9-18,20H2,1-3H3;5-9H,10-13H2,1-4H3;4-8H,9-13H2,1-3H3;4-8,12H,9-11,13H2,1-3H3;1-5,10,14H,6-9H2;7H,3-6H2,1-2H3. The molecule has 27 nitrogen and oxygen atoms in total. The fraction of sp³-hybridized carbons (Fsp3) is 0.514. The van der Waals surface area contributed by atoms with Gasteiger partial charge in [-0.3, -0.25) is 47.7 Å². The van der Waals surface area contributed by atoms with Crippen LogP contribution in [0.3, 0.4) is 0 Å². The summed E-state index contributed by atoms with van der Waals surface area (Å²) in [5, 5.41) is 22.2. The first-order valence-corrected chi connectivity index (χ1v) is 47.3. The van der Waals surface area contributed by atoms with Gasteiger partial charge in [-0.2, -0.15) is 20.4 Å². The van der Waals surface area contributed by atoms with E-state index < -0.39 is 22.7 Å². The lowest BCUT2D eigenvalue weighted by Gasteiger charge is -2.31. The topological polar surface area (TPSA) is 268 Å². The number of Topliss-reactive ketones (excluding diaryl/α,β-unsaturated/α-hetero) is 1. The van der Waals surface area contributed by atoms with Crippen LogP contribution in [0.4, 0.5) is 14.4 Å². The molecular weight excluding hydrogens is 1660 g/mol. The molecule has 8 aliphatic rings. The van der Waals surface area contributed by atoms with Crippen LogP contribution in [-0.2, 0) is 127 Å². The number of amides is 4. The van der Waals surface area contributed by atoms with E-state index in [2.05, 4.69) is 129 Å². The first-order valence-electron chi connectivity index (χ1n) is 47.3. The van der Waals surface area contributed by atoms with Gasteiger partial charge in [-0.15, -0.1) is 0 Å². The van der Waals surface area contributed by atoms with Gasteiger partial charge in [0.2, 0.25) is 0 Å².